The van der Waals surface area contributed by atoms with E-state index in [0.717, 1.165) is 0 Å². The molecule has 0 aromatic carbocycles. The van der Waals surface area contributed by atoms with Crippen LogP contribution in [0.15, 0.2) is 0 Å². The Labute approximate surface area is 161 Å². The number of Topliss-reactive ketones (excluding diaryl/α,β-unsaturated/α-hetero) is 1. The van der Waals surface area contributed by atoms with Gasteiger partial charge in [0.05, 0.1) is 18.8 Å². The highest BCUT2D eigenvalue weighted by Gasteiger charge is 2.35. The van der Waals surface area contributed by atoms with Crippen LogP contribution in [0.5, 0.6) is 0 Å². The molecule has 0 aliphatic heterocycles. The van der Waals surface area contributed by atoms with Gasteiger partial charge in [-0.1, -0.05) is 27.7 Å². The zero-order valence-corrected chi connectivity index (χ0v) is 17.0. The van der Waals surface area contributed by atoms with E-state index in [9.17, 15) is 14.4 Å². The summed E-state index contributed by atoms with van der Waals surface area (Å²) in [6.45, 7) is 8.88. The summed E-state index contributed by atoms with van der Waals surface area (Å²) in [6, 6.07) is -2.45. The minimum atomic E-state index is -1.53. The van der Waals surface area contributed by atoms with Gasteiger partial charge in [0.1, 0.15) is 6.04 Å². The minimum absolute atomic E-state index is 0.0714. The van der Waals surface area contributed by atoms with Crippen LogP contribution in [-0.2, 0) is 19.1 Å². The SMILES string of the molecule is CC(C)C[C@H](N)C(=O)O[C@@H](N)C(=O)[C@@H](C)N(CN)C(=O)[C@@H](NCN)C(C)C. The number of ketones is 1. The lowest BCUT2D eigenvalue weighted by atomic mass is 10.0. The first-order chi connectivity index (χ1) is 12.5. The van der Waals surface area contributed by atoms with Crippen molar-refractivity contribution >= 4 is 17.7 Å². The minimum Gasteiger partial charge on any atom is -0.438 e. The molecule has 0 rings (SSSR count). The molecule has 9 N–H and O–H groups in total. The Morgan fingerprint density at radius 2 is 1.59 bits per heavy atom. The number of esters is 1. The lowest BCUT2D eigenvalue weighted by Crippen LogP contribution is -2.58. The second kappa shape index (κ2) is 12.0. The van der Waals surface area contributed by atoms with Crippen molar-refractivity contribution < 1.29 is 19.1 Å². The molecule has 0 saturated heterocycles. The molecule has 0 unspecified atom stereocenters. The summed E-state index contributed by atoms with van der Waals surface area (Å²) in [6.07, 6.45) is -1.13. The molecule has 158 valence electrons. The number of hydrogen-bond acceptors (Lipinski definition) is 9. The first-order valence-electron chi connectivity index (χ1n) is 9.17. The highest BCUT2D eigenvalue weighted by molar-refractivity contribution is 5.94. The molecule has 4 atom stereocenters. The number of nitrogens with two attached hydrogens (primary N) is 4. The Morgan fingerprint density at radius 3 is 2.00 bits per heavy atom. The van der Waals surface area contributed by atoms with Gasteiger partial charge in [-0.3, -0.25) is 25.4 Å². The van der Waals surface area contributed by atoms with Gasteiger partial charge in [0.15, 0.2) is 0 Å². The molecule has 0 aliphatic rings. The number of nitrogens with zero attached hydrogens (tertiary/aromatic N) is 1. The zero-order valence-electron chi connectivity index (χ0n) is 17.0. The van der Waals surface area contributed by atoms with Crippen LogP contribution in [0.3, 0.4) is 0 Å². The number of ether oxygens (including phenoxy) is 1. The predicted molar refractivity (Wildman–Crippen MR) is 103 cm³/mol. The van der Waals surface area contributed by atoms with Gasteiger partial charge in [-0.05, 0) is 25.2 Å². The molecule has 0 bridgehead atoms. The molecule has 1 amide bonds. The van der Waals surface area contributed by atoms with E-state index in [-0.39, 0.29) is 31.1 Å². The highest BCUT2D eigenvalue weighted by atomic mass is 16.6. The number of carbonyl (C=O) groups is 3. The maximum Gasteiger partial charge on any atom is 0.324 e. The molecule has 0 fully saturated rings. The van der Waals surface area contributed by atoms with Crippen LogP contribution in [0.1, 0.15) is 41.0 Å². The molecule has 0 radical (unpaired) electrons. The van der Waals surface area contributed by atoms with Crippen LogP contribution >= 0.6 is 0 Å². The lowest BCUT2D eigenvalue weighted by molar-refractivity contribution is -0.159. The molecule has 0 aromatic rings. The number of carbonyl (C=O) groups excluding carboxylic acids is 3. The van der Waals surface area contributed by atoms with E-state index in [2.05, 4.69) is 5.32 Å². The maximum absolute atomic E-state index is 12.7. The van der Waals surface area contributed by atoms with Crippen molar-refractivity contribution in [2.75, 3.05) is 13.3 Å². The average Bonchev–Trinajstić information content (AvgIpc) is 2.58. The summed E-state index contributed by atoms with van der Waals surface area (Å²) in [4.78, 5) is 38.4. The quantitative estimate of drug-likeness (QED) is 0.195. The number of hydrogen-bond donors (Lipinski definition) is 5. The van der Waals surface area contributed by atoms with E-state index >= 15 is 0 Å². The highest BCUT2D eigenvalue weighted by Crippen LogP contribution is 2.11. The third-order valence-electron chi connectivity index (χ3n) is 4.18. The summed E-state index contributed by atoms with van der Waals surface area (Å²) in [5.74, 6) is -1.67. The van der Waals surface area contributed by atoms with Crippen molar-refractivity contribution in [2.24, 2.45) is 34.8 Å². The summed E-state index contributed by atoms with van der Waals surface area (Å²) >= 11 is 0. The largest absolute Gasteiger partial charge is 0.438 e. The molecule has 27 heavy (non-hydrogen) atoms. The van der Waals surface area contributed by atoms with Crippen LogP contribution in [-0.4, -0.2) is 60.3 Å². The van der Waals surface area contributed by atoms with Crippen LogP contribution in [0.4, 0.5) is 0 Å². The Morgan fingerprint density at radius 1 is 1.04 bits per heavy atom. The Bertz CT molecular complexity index is 500. The molecule has 0 spiro atoms. The molecular weight excluding hydrogens is 352 g/mol. The predicted octanol–water partition coefficient (Wildman–Crippen LogP) is -1.58. The molecule has 0 heterocycles. The average molecular weight is 389 g/mol. The Hall–Kier alpha value is -1.59. The first-order valence-corrected chi connectivity index (χ1v) is 9.17. The summed E-state index contributed by atoms with van der Waals surface area (Å²) in [5.41, 5.74) is 22.6. The van der Waals surface area contributed by atoms with E-state index in [1.165, 1.54) is 11.8 Å². The second-order valence-electron chi connectivity index (χ2n) is 7.29. The van der Waals surface area contributed by atoms with Crippen LogP contribution < -0.4 is 28.3 Å². The Kier molecular flexibility index (Phi) is 11.3. The van der Waals surface area contributed by atoms with Gasteiger partial charge in [-0.2, -0.15) is 0 Å². The maximum atomic E-state index is 12.7. The summed E-state index contributed by atoms with van der Waals surface area (Å²) in [7, 11) is 0. The van der Waals surface area contributed by atoms with Crippen molar-refractivity contribution in [3.8, 4) is 0 Å². The zero-order chi connectivity index (χ0) is 21.3. The van der Waals surface area contributed by atoms with Crippen molar-refractivity contribution in [1.82, 2.24) is 10.2 Å². The van der Waals surface area contributed by atoms with Crippen molar-refractivity contribution in [2.45, 2.75) is 65.4 Å². The number of nitrogens with one attached hydrogen (secondary N) is 1. The standard InChI is InChI=1S/C17H36N6O4/c1-9(2)6-12(20)17(26)27-15(21)14(24)11(5)23(8-19)16(25)13(10(3)4)22-7-18/h9-13,15,22H,6-8,18-21H2,1-5H3/t11-,12+,13+,15-/m1/s1. The summed E-state index contributed by atoms with van der Waals surface area (Å²) in [5, 5.41) is 2.87. The van der Waals surface area contributed by atoms with E-state index in [4.69, 9.17) is 27.7 Å². The van der Waals surface area contributed by atoms with Gasteiger partial charge in [0.25, 0.3) is 0 Å². The van der Waals surface area contributed by atoms with E-state index in [1.807, 2.05) is 27.7 Å². The molecule has 0 saturated carbocycles. The van der Waals surface area contributed by atoms with Gasteiger partial charge in [0.2, 0.25) is 17.9 Å². The fourth-order valence-corrected chi connectivity index (χ4v) is 2.62. The number of rotatable bonds is 12. The fourth-order valence-electron chi connectivity index (χ4n) is 2.62. The van der Waals surface area contributed by atoms with Crippen molar-refractivity contribution in [1.29, 1.82) is 0 Å². The van der Waals surface area contributed by atoms with Gasteiger partial charge in [-0.25, -0.2) is 0 Å². The Balaban J connectivity index is 5.09. The molecule has 10 nitrogen and oxygen atoms in total. The van der Waals surface area contributed by atoms with E-state index < -0.39 is 36.1 Å². The molecule has 0 aromatic heterocycles. The van der Waals surface area contributed by atoms with Crippen LogP contribution in [0.25, 0.3) is 0 Å². The van der Waals surface area contributed by atoms with E-state index in [1.54, 1.807) is 0 Å². The van der Waals surface area contributed by atoms with Crippen LogP contribution in [0.2, 0.25) is 0 Å². The van der Waals surface area contributed by atoms with E-state index in [0.29, 0.717) is 6.42 Å². The third-order valence-corrected chi connectivity index (χ3v) is 4.18. The molecule has 0 aliphatic carbocycles. The van der Waals surface area contributed by atoms with Crippen LogP contribution in [0, 0.1) is 11.8 Å². The summed E-state index contributed by atoms with van der Waals surface area (Å²) < 4.78 is 4.98. The fraction of sp³-hybridized carbons (Fsp3) is 0.824. The van der Waals surface area contributed by atoms with Crippen molar-refractivity contribution in [3.05, 3.63) is 0 Å². The lowest BCUT2D eigenvalue weighted by Gasteiger charge is -2.33. The first kappa shape index (κ1) is 25.4. The molecular formula is C17H36N6O4. The molecule has 10 heteroatoms. The van der Waals surface area contributed by atoms with Gasteiger partial charge in [-0.15, -0.1) is 0 Å². The second-order valence-corrected chi connectivity index (χ2v) is 7.29. The van der Waals surface area contributed by atoms with Crippen molar-refractivity contribution in [3.63, 3.8) is 0 Å². The number of amides is 1. The smallest absolute Gasteiger partial charge is 0.324 e. The van der Waals surface area contributed by atoms with Gasteiger partial charge >= 0.3 is 5.97 Å². The van der Waals surface area contributed by atoms with Gasteiger partial charge < -0.3 is 26.8 Å². The normalized spacial score (nSPS) is 16.0. The topological polar surface area (TPSA) is 180 Å². The van der Waals surface area contributed by atoms with Gasteiger partial charge in [0, 0.05) is 6.67 Å². The third kappa shape index (κ3) is 7.89. The monoisotopic (exact) mass is 388 g/mol.